The van der Waals surface area contributed by atoms with Crippen LogP contribution >= 0.6 is 7.82 Å². The van der Waals surface area contributed by atoms with Crippen LogP contribution in [-0.4, -0.2) is 16.0 Å². The minimum Gasteiger partial charge on any atom is -0.284 e. The molecule has 11 heteroatoms. The van der Waals surface area contributed by atoms with Gasteiger partial charge in [-0.15, -0.1) is 0 Å². The summed E-state index contributed by atoms with van der Waals surface area (Å²) in [6.45, 7) is 3.19. The molecule has 1 atom stereocenters. The molecule has 0 aliphatic heterocycles. The Morgan fingerprint density at radius 1 is 0.757 bits per heavy atom. The molecule has 0 amide bonds. The monoisotopic (exact) mass is 536 g/mol. The quantitative estimate of drug-likeness (QED) is 0.0758. The second-order valence-electron chi connectivity index (χ2n) is 8.95. The summed E-state index contributed by atoms with van der Waals surface area (Å²) in [4.78, 5) is 21.6. The fraction of sp³-hybridized carbons (Fsp3) is 0.538. The largest absolute Gasteiger partial charge is 0.475 e. The summed E-state index contributed by atoms with van der Waals surface area (Å²) >= 11 is 0. The third kappa shape index (κ3) is 11.1. The molecule has 2 aromatic rings. The highest BCUT2D eigenvalue weighted by atomic mass is 31.2. The molecule has 0 spiro atoms. The zero-order chi connectivity index (χ0) is 27.1. The van der Waals surface area contributed by atoms with Crippen LogP contribution in [0.2, 0.25) is 0 Å². The molecular formula is C26H37N2O8P. The highest BCUT2D eigenvalue weighted by Crippen LogP contribution is 2.53. The Balaban J connectivity index is 2.02. The van der Waals surface area contributed by atoms with Gasteiger partial charge in [-0.2, -0.15) is 0 Å². The fourth-order valence-corrected chi connectivity index (χ4v) is 5.19. The fourth-order valence-electron chi connectivity index (χ4n) is 3.86. The van der Waals surface area contributed by atoms with Crippen LogP contribution in [0.15, 0.2) is 48.5 Å². The van der Waals surface area contributed by atoms with Crippen LogP contribution in [0.1, 0.15) is 82.8 Å². The van der Waals surface area contributed by atoms with E-state index >= 15 is 0 Å². The summed E-state index contributed by atoms with van der Waals surface area (Å²) in [6, 6.07) is 11.9. The molecule has 10 nitrogen and oxygen atoms in total. The minimum absolute atomic E-state index is 0.181. The Morgan fingerprint density at radius 3 is 1.65 bits per heavy atom. The van der Waals surface area contributed by atoms with Crippen LogP contribution in [0.5, 0.6) is 0 Å². The van der Waals surface area contributed by atoms with Gasteiger partial charge in [0.15, 0.2) is 0 Å². The lowest BCUT2D eigenvalue weighted by Crippen LogP contribution is -2.11. The molecule has 2 aromatic carbocycles. The summed E-state index contributed by atoms with van der Waals surface area (Å²) in [5, 5.41) is 22.7. The zero-order valence-electron chi connectivity index (χ0n) is 21.6. The number of nitro groups is 2. The van der Waals surface area contributed by atoms with Gasteiger partial charge in [0.05, 0.1) is 40.3 Å². The van der Waals surface area contributed by atoms with E-state index in [2.05, 4.69) is 6.92 Å². The number of phosphoric acid groups is 1. The molecule has 0 aliphatic carbocycles. The molecular weight excluding hydrogens is 499 g/mol. The number of nitrogens with zero attached hydrogens (tertiary/aromatic N) is 2. The van der Waals surface area contributed by atoms with Gasteiger partial charge in [-0.05, 0) is 25.5 Å². The average Bonchev–Trinajstić information content (AvgIpc) is 2.88. The molecule has 0 heterocycles. The maximum absolute atomic E-state index is 13.6. The number of unbranched alkanes of at least 4 members (excludes halogenated alkanes) is 7. The van der Waals surface area contributed by atoms with E-state index in [-0.39, 0.29) is 35.7 Å². The third-order valence-corrected chi connectivity index (χ3v) is 7.41. The molecule has 0 aromatic heterocycles. The number of benzene rings is 2. The molecule has 0 aliphatic rings. The lowest BCUT2D eigenvalue weighted by Gasteiger charge is -2.22. The van der Waals surface area contributed by atoms with E-state index in [0.717, 1.165) is 19.3 Å². The molecule has 37 heavy (non-hydrogen) atoms. The van der Waals surface area contributed by atoms with Crippen LogP contribution in [0.3, 0.4) is 0 Å². The first kappa shape index (κ1) is 30.6. The standard InChI is InChI=1S/C26H37N2O8P/c1-3-4-5-6-7-8-9-10-15-22(2)36-37(33,34-20-23-16-11-13-18-25(23)27(29)30)35-21-24-17-12-14-19-26(24)28(31)32/h11-14,16-19,22H,3-10,15,20-21H2,1-2H3. The Labute approximate surface area is 218 Å². The summed E-state index contributed by atoms with van der Waals surface area (Å²) < 4.78 is 30.3. The molecule has 0 radical (unpaired) electrons. The molecule has 2 rings (SSSR count). The van der Waals surface area contributed by atoms with E-state index in [4.69, 9.17) is 13.6 Å². The first-order valence-electron chi connectivity index (χ1n) is 12.8. The SMILES string of the molecule is CCCCCCCCCCC(C)OP(=O)(OCc1ccccc1[N+](=O)[O-])OCc1ccccc1[N+](=O)[O-]. The highest BCUT2D eigenvalue weighted by molar-refractivity contribution is 7.48. The van der Waals surface area contributed by atoms with Crippen molar-refractivity contribution in [2.24, 2.45) is 0 Å². The first-order valence-corrected chi connectivity index (χ1v) is 14.2. The number of para-hydroxylation sites is 2. The van der Waals surface area contributed by atoms with Gasteiger partial charge in [-0.3, -0.25) is 33.8 Å². The molecule has 204 valence electrons. The predicted molar refractivity (Wildman–Crippen MR) is 141 cm³/mol. The Kier molecular flexibility index (Phi) is 13.4. The first-order chi connectivity index (χ1) is 17.8. The van der Waals surface area contributed by atoms with Gasteiger partial charge in [-0.25, -0.2) is 4.57 Å². The van der Waals surface area contributed by atoms with Crippen molar-refractivity contribution in [1.29, 1.82) is 0 Å². The van der Waals surface area contributed by atoms with Crippen LogP contribution < -0.4 is 0 Å². The lowest BCUT2D eigenvalue weighted by molar-refractivity contribution is -0.385. The Hall–Kier alpha value is -2.65. The second-order valence-corrected chi connectivity index (χ2v) is 10.6. The van der Waals surface area contributed by atoms with Gasteiger partial charge < -0.3 is 0 Å². The molecule has 0 bridgehead atoms. The van der Waals surface area contributed by atoms with E-state index in [1.165, 1.54) is 68.5 Å². The van der Waals surface area contributed by atoms with E-state index in [1.54, 1.807) is 19.1 Å². The van der Waals surface area contributed by atoms with Crippen LogP contribution in [0.4, 0.5) is 11.4 Å². The van der Waals surface area contributed by atoms with Gasteiger partial charge in [0, 0.05) is 12.1 Å². The van der Waals surface area contributed by atoms with Crippen molar-refractivity contribution in [3.63, 3.8) is 0 Å². The molecule has 0 saturated carbocycles. The summed E-state index contributed by atoms with van der Waals surface area (Å²) in [5.74, 6) is 0. The Morgan fingerprint density at radius 2 is 1.19 bits per heavy atom. The molecule has 0 fully saturated rings. The van der Waals surface area contributed by atoms with Crippen molar-refractivity contribution in [2.45, 2.75) is 91.0 Å². The van der Waals surface area contributed by atoms with Gasteiger partial charge in [-0.1, -0.05) is 82.6 Å². The van der Waals surface area contributed by atoms with Crippen molar-refractivity contribution in [3.8, 4) is 0 Å². The zero-order valence-corrected chi connectivity index (χ0v) is 22.5. The van der Waals surface area contributed by atoms with Crippen molar-refractivity contribution in [2.75, 3.05) is 0 Å². The van der Waals surface area contributed by atoms with Gasteiger partial charge in [0.1, 0.15) is 0 Å². The summed E-state index contributed by atoms with van der Waals surface area (Å²) in [7, 11) is -4.23. The second kappa shape index (κ2) is 16.2. The van der Waals surface area contributed by atoms with Crippen LogP contribution in [0, 0.1) is 20.2 Å². The van der Waals surface area contributed by atoms with E-state index in [1.807, 2.05) is 0 Å². The number of hydrogen-bond acceptors (Lipinski definition) is 8. The number of phosphoric ester groups is 1. The molecule has 1 unspecified atom stereocenters. The van der Waals surface area contributed by atoms with Crippen LogP contribution in [-0.2, 0) is 31.4 Å². The maximum atomic E-state index is 13.6. The lowest BCUT2D eigenvalue weighted by atomic mass is 10.1. The molecule has 0 saturated heterocycles. The minimum atomic E-state index is -4.23. The Bertz CT molecular complexity index is 983. The topological polar surface area (TPSA) is 131 Å². The van der Waals surface area contributed by atoms with Gasteiger partial charge in [0.2, 0.25) is 0 Å². The van der Waals surface area contributed by atoms with E-state index < -0.39 is 23.8 Å². The number of rotatable bonds is 19. The average molecular weight is 537 g/mol. The molecule has 0 N–H and O–H groups in total. The summed E-state index contributed by atoms with van der Waals surface area (Å²) in [5.41, 5.74) is 0.0575. The highest BCUT2D eigenvalue weighted by Gasteiger charge is 2.31. The number of hydrogen-bond donors (Lipinski definition) is 0. The predicted octanol–water partition coefficient (Wildman–Crippen LogP) is 8.28. The number of nitro benzene ring substituents is 2. The van der Waals surface area contributed by atoms with E-state index in [0.29, 0.717) is 6.42 Å². The van der Waals surface area contributed by atoms with Gasteiger partial charge >= 0.3 is 7.82 Å². The van der Waals surface area contributed by atoms with Gasteiger partial charge in [0.25, 0.3) is 11.4 Å². The normalized spacial score (nSPS) is 12.4. The summed E-state index contributed by atoms with van der Waals surface area (Å²) in [6.07, 6.45) is 9.34. The van der Waals surface area contributed by atoms with Crippen molar-refractivity contribution < 1.29 is 28.0 Å². The van der Waals surface area contributed by atoms with Crippen molar-refractivity contribution in [3.05, 3.63) is 79.9 Å². The van der Waals surface area contributed by atoms with E-state index in [9.17, 15) is 24.8 Å². The maximum Gasteiger partial charge on any atom is 0.475 e. The van der Waals surface area contributed by atoms with Crippen molar-refractivity contribution in [1.82, 2.24) is 0 Å². The third-order valence-electron chi connectivity index (χ3n) is 5.91. The van der Waals surface area contributed by atoms with Crippen LogP contribution in [0.25, 0.3) is 0 Å². The smallest absolute Gasteiger partial charge is 0.284 e. The van der Waals surface area contributed by atoms with Crippen molar-refractivity contribution >= 4 is 19.2 Å².